The van der Waals surface area contributed by atoms with Crippen LogP contribution in [0, 0.1) is 0 Å². The molecule has 0 spiro atoms. The highest BCUT2D eigenvalue weighted by atomic mass is 79.9. The molecule has 22 heavy (non-hydrogen) atoms. The number of aliphatic hydroxyl groups is 3. The van der Waals surface area contributed by atoms with Crippen LogP contribution in [0.15, 0.2) is 16.0 Å². The quantitative estimate of drug-likeness (QED) is 0.520. The number of nitrogens with two attached hydrogens (primary N) is 1. The van der Waals surface area contributed by atoms with E-state index in [2.05, 4.69) is 20.9 Å². The molecule has 2 atom stereocenters. The Bertz CT molecular complexity index is 649. The zero-order chi connectivity index (χ0) is 17.1. The fraction of sp³-hybridized carbons (Fsp3) is 0.364. The molecule has 1 heterocycles. The van der Waals surface area contributed by atoms with Crippen molar-refractivity contribution < 1.29 is 28.9 Å². The highest BCUT2D eigenvalue weighted by Crippen LogP contribution is 2.23. The van der Waals surface area contributed by atoms with E-state index in [4.69, 9.17) is 15.9 Å². The van der Waals surface area contributed by atoms with Gasteiger partial charge in [-0.25, -0.2) is 9.36 Å². The standard InChI is InChI=1S/C11H12BrF2N3O5/c12-2-1-5-3-17(10(22)16-8(5)15)9(21)11(13,14)7(20)6(19)4-18/h1-3,6-7,18-20H,4H2,(H2,15,16,22)/b2-1+/t6-,7+/m0/s1. The van der Waals surface area contributed by atoms with E-state index in [-0.39, 0.29) is 15.9 Å². The zero-order valence-electron chi connectivity index (χ0n) is 10.9. The van der Waals surface area contributed by atoms with Crippen LogP contribution in [0.4, 0.5) is 14.6 Å². The lowest BCUT2D eigenvalue weighted by atomic mass is 10.1. The molecule has 0 bridgehead atoms. The molecule has 0 unspecified atom stereocenters. The second-order valence-corrected chi connectivity index (χ2v) is 4.68. The summed E-state index contributed by atoms with van der Waals surface area (Å²) in [4.78, 5) is 27.8. The Labute approximate surface area is 130 Å². The Morgan fingerprint density at radius 2 is 2.14 bits per heavy atom. The average molecular weight is 384 g/mol. The van der Waals surface area contributed by atoms with Crippen LogP contribution < -0.4 is 11.4 Å². The van der Waals surface area contributed by atoms with Crippen molar-refractivity contribution in [3.63, 3.8) is 0 Å². The molecule has 0 aliphatic heterocycles. The minimum absolute atomic E-state index is 0.00202. The summed E-state index contributed by atoms with van der Waals surface area (Å²) < 4.78 is 27.6. The maximum atomic E-state index is 13.8. The van der Waals surface area contributed by atoms with Gasteiger partial charge in [-0.05, 0) is 11.1 Å². The number of aromatic nitrogens is 2. The zero-order valence-corrected chi connectivity index (χ0v) is 12.4. The maximum Gasteiger partial charge on any atom is 0.356 e. The van der Waals surface area contributed by atoms with Gasteiger partial charge < -0.3 is 21.1 Å². The molecule has 0 amide bonds. The van der Waals surface area contributed by atoms with Gasteiger partial charge in [-0.15, -0.1) is 0 Å². The van der Waals surface area contributed by atoms with Crippen molar-refractivity contribution >= 4 is 33.7 Å². The Hall–Kier alpha value is -1.69. The van der Waals surface area contributed by atoms with E-state index in [9.17, 15) is 23.5 Å². The Morgan fingerprint density at radius 3 is 2.64 bits per heavy atom. The number of hydrogen-bond acceptors (Lipinski definition) is 7. The number of hydrogen-bond donors (Lipinski definition) is 4. The van der Waals surface area contributed by atoms with Crippen LogP contribution in [0.2, 0.25) is 0 Å². The number of alkyl halides is 2. The van der Waals surface area contributed by atoms with Gasteiger partial charge in [0.1, 0.15) is 11.9 Å². The monoisotopic (exact) mass is 383 g/mol. The molecule has 0 aromatic carbocycles. The molecule has 0 saturated heterocycles. The fourth-order valence-corrected chi connectivity index (χ4v) is 1.74. The minimum Gasteiger partial charge on any atom is -0.394 e. The summed E-state index contributed by atoms with van der Waals surface area (Å²) in [5.41, 5.74) is 4.02. The highest BCUT2D eigenvalue weighted by molar-refractivity contribution is 9.11. The van der Waals surface area contributed by atoms with Gasteiger partial charge in [-0.3, -0.25) is 4.79 Å². The van der Waals surface area contributed by atoms with E-state index >= 15 is 0 Å². The Kier molecular flexibility index (Phi) is 5.88. The van der Waals surface area contributed by atoms with E-state index in [1.54, 1.807) is 0 Å². The smallest absolute Gasteiger partial charge is 0.356 e. The summed E-state index contributed by atoms with van der Waals surface area (Å²) in [6.07, 6.45) is -3.19. The van der Waals surface area contributed by atoms with Crippen molar-refractivity contribution in [2.24, 2.45) is 0 Å². The molecule has 8 nitrogen and oxygen atoms in total. The second-order valence-electron chi connectivity index (χ2n) is 4.15. The van der Waals surface area contributed by atoms with Crippen molar-refractivity contribution in [3.8, 4) is 0 Å². The molecular weight excluding hydrogens is 372 g/mol. The van der Waals surface area contributed by atoms with Crippen LogP contribution >= 0.6 is 15.9 Å². The molecule has 122 valence electrons. The van der Waals surface area contributed by atoms with Gasteiger partial charge >= 0.3 is 17.5 Å². The summed E-state index contributed by atoms with van der Waals surface area (Å²) in [5.74, 6) is -6.93. The molecular formula is C11H12BrF2N3O5. The van der Waals surface area contributed by atoms with E-state index in [1.165, 1.54) is 11.1 Å². The van der Waals surface area contributed by atoms with E-state index in [0.29, 0.717) is 0 Å². The SMILES string of the molecule is Nc1nc(=O)n(C(=O)C(F)(F)[C@H](O)[C@@H](O)CO)cc1/C=C/Br. The number of nitrogen functional groups attached to an aromatic ring is 1. The molecule has 0 fully saturated rings. The third-order valence-corrected chi connectivity index (χ3v) is 2.92. The number of rotatable bonds is 5. The first kappa shape index (κ1) is 18.4. The van der Waals surface area contributed by atoms with E-state index in [1.807, 2.05) is 0 Å². The number of halogens is 3. The van der Waals surface area contributed by atoms with E-state index < -0.39 is 36.3 Å². The first-order valence-corrected chi connectivity index (χ1v) is 6.63. The predicted molar refractivity (Wildman–Crippen MR) is 75.5 cm³/mol. The van der Waals surface area contributed by atoms with Gasteiger partial charge in [0.15, 0.2) is 6.10 Å². The third kappa shape index (κ3) is 3.55. The summed E-state index contributed by atoms with van der Waals surface area (Å²) in [6, 6.07) is 0. The van der Waals surface area contributed by atoms with Crippen molar-refractivity contribution in [1.29, 1.82) is 0 Å². The molecule has 5 N–H and O–H groups in total. The molecule has 0 saturated carbocycles. The summed E-state index contributed by atoms with van der Waals surface area (Å²) >= 11 is 2.91. The molecule has 1 aromatic heterocycles. The van der Waals surface area contributed by atoms with E-state index in [0.717, 1.165) is 6.20 Å². The van der Waals surface area contributed by atoms with Gasteiger partial charge in [0, 0.05) is 11.8 Å². The molecule has 0 aliphatic rings. The summed E-state index contributed by atoms with van der Waals surface area (Å²) in [7, 11) is 0. The number of carbonyl (C=O) groups excluding carboxylic acids is 1. The number of aliphatic hydroxyl groups excluding tert-OH is 3. The van der Waals surface area contributed by atoms with Crippen LogP contribution in [0.5, 0.6) is 0 Å². The Morgan fingerprint density at radius 1 is 1.55 bits per heavy atom. The van der Waals surface area contributed by atoms with Crippen LogP contribution in [0.25, 0.3) is 6.08 Å². The molecule has 1 aromatic rings. The molecule has 0 radical (unpaired) electrons. The van der Waals surface area contributed by atoms with Gasteiger partial charge in [-0.2, -0.15) is 13.8 Å². The normalized spacial score (nSPS) is 15.0. The largest absolute Gasteiger partial charge is 0.394 e. The van der Waals surface area contributed by atoms with Gasteiger partial charge in [0.2, 0.25) is 0 Å². The fourth-order valence-electron chi connectivity index (χ4n) is 1.45. The molecule has 0 aliphatic carbocycles. The van der Waals surface area contributed by atoms with Crippen LogP contribution in [0.1, 0.15) is 10.4 Å². The maximum absolute atomic E-state index is 13.8. The first-order chi connectivity index (χ1) is 10.2. The minimum atomic E-state index is -4.53. The number of carbonyl (C=O) groups is 1. The highest BCUT2D eigenvalue weighted by Gasteiger charge is 2.51. The van der Waals surface area contributed by atoms with Crippen molar-refractivity contribution in [2.45, 2.75) is 18.1 Å². The number of anilines is 1. The predicted octanol–water partition coefficient (Wildman–Crippen LogP) is -0.819. The molecule has 11 heteroatoms. The van der Waals surface area contributed by atoms with Gasteiger partial charge in [0.05, 0.1) is 6.61 Å². The second kappa shape index (κ2) is 7.05. The van der Waals surface area contributed by atoms with Gasteiger partial charge in [-0.1, -0.05) is 15.9 Å². The lowest BCUT2D eigenvalue weighted by Crippen LogP contribution is -2.53. The summed E-state index contributed by atoms with van der Waals surface area (Å²) in [5, 5.41) is 26.8. The topological polar surface area (TPSA) is 139 Å². The lowest BCUT2D eigenvalue weighted by molar-refractivity contribution is -0.136. The van der Waals surface area contributed by atoms with Crippen molar-refractivity contribution in [3.05, 3.63) is 27.2 Å². The molecule has 1 rings (SSSR count). The lowest BCUT2D eigenvalue weighted by Gasteiger charge is -2.24. The number of nitrogens with zero attached hydrogens (tertiary/aromatic N) is 2. The first-order valence-electron chi connectivity index (χ1n) is 5.72. The third-order valence-electron chi connectivity index (χ3n) is 2.66. The van der Waals surface area contributed by atoms with Crippen molar-refractivity contribution in [1.82, 2.24) is 9.55 Å². The Balaban J connectivity index is 3.33. The summed E-state index contributed by atoms with van der Waals surface area (Å²) in [6.45, 7) is -1.20. The average Bonchev–Trinajstić information content (AvgIpc) is 2.47. The van der Waals surface area contributed by atoms with Gasteiger partial charge in [0.25, 0.3) is 0 Å². The van der Waals surface area contributed by atoms with Crippen LogP contribution in [-0.4, -0.2) is 55.5 Å². The van der Waals surface area contributed by atoms with Crippen molar-refractivity contribution in [2.75, 3.05) is 12.3 Å². The van der Waals surface area contributed by atoms with Crippen LogP contribution in [-0.2, 0) is 0 Å². The van der Waals surface area contributed by atoms with Crippen LogP contribution in [0.3, 0.4) is 0 Å².